The lowest BCUT2D eigenvalue weighted by Gasteiger charge is -2.07. The first-order valence-corrected chi connectivity index (χ1v) is 6.61. The molecule has 112 valence electrons. The molecule has 3 rings (SSSR count). The summed E-state index contributed by atoms with van der Waals surface area (Å²) in [5.41, 5.74) is 1.33. The van der Waals surface area contributed by atoms with E-state index in [-0.39, 0.29) is 11.7 Å². The SMILES string of the molecule is COc1ccc([N+](=O)[O-])cc1Nc1nc2c(Cl)cccc2o1. The van der Waals surface area contributed by atoms with Crippen molar-refractivity contribution in [2.45, 2.75) is 0 Å². The lowest BCUT2D eigenvalue weighted by atomic mass is 10.2. The van der Waals surface area contributed by atoms with Crippen LogP contribution < -0.4 is 10.1 Å². The van der Waals surface area contributed by atoms with E-state index in [2.05, 4.69) is 10.3 Å². The fourth-order valence-corrected chi connectivity index (χ4v) is 2.20. The van der Waals surface area contributed by atoms with E-state index in [1.165, 1.54) is 25.3 Å². The van der Waals surface area contributed by atoms with E-state index < -0.39 is 4.92 Å². The van der Waals surface area contributed by atoms with Crippen molar-refractivity contribution in [3.8, 4) is 5.75 Å². The average molecular weight is 320 g/mol. The van der Waals surface area contributed by atoms with Crippen LogP contribution in [0.5, 0.6) is 5.75 Å². The molecular weight excluding hydrogens is 310 g/mol. The van der Waals surface area contributed by atoms with Gasteiger partial charge in [-0.3, -0.25) is 10.1 Å². The highest BCUT2D eigenvalue weighted by Gasteiger charge is 2.14. The van der Waals surface area contributed by atoms with Crippen LogP contribution in [0.25, 0.3) is 11.1 Å². The minimum Gasteiger partial charge on any atom is -0.495 e. The molecule has 8 heteroatoms. The first-order valence-electron chi connectivity index (χ1n) is 6.23. The molecule has 0 saturated heterocycles. The lowest BCUT2D eigenvalue weighted by molar-refractivity contribution is -0.384. The normalized spacial score (nSPS) is 10.6. The maximum Gasteiger partial charge on any atom is 0.300 e. The average Bonchev–Trinajstić information content (AvgIpc) is 2.91. The molecule has 0 aliphatic rings. The number of nitro groups is 1. The molecule has 1 aromatic heterocycles. The van der Waals surface area contributed by atoms with Crippen LogP contribution in [-0.2, 0) is 0 Å². The zero-order valence-corrected chi connectivity index (χ0v) is 12.1. The summed E-state index contributed by atoms with van der Waals surface area (Å²) in [7, 11) is 1.47. The largest absolute Gasteiger partial charge is 0.495 e. The van der Waals surface area contributed by atoms with Crippen molar-refractivity contribution in [1.29, 1.82) is 0 Å². The van der Waals surface area contributed by atoms with Crippen molar-refractivity contribution in [3.63, 3.8) is 0 Å². The van der Waals surface area contributed by atoms with Crippen LogP contribution in [0.15, 0.2) is 40.8 Å². The monoisotopic (exact) mass is 319 g/mol. The molecule has 7 nitrogen and oxygen atoms in total. The third kappa shape index (κ3) is 2.53. The Morgan fingerprint density at radius 2 is 2.18 bits per heavy atom. The number of ether oxygens (including phenoxy) is 1. The minimum atomic E-state index is -0.493. The zero-order valence-electron chi connectivity index (χ0n) is 11.4. The van der Waals surface area contributed by atoms with E-state index in [4.69, 9.17) is 20.8 Å². The molecule has 1 heterocycles. The Morgan fingerprint density at radius 3 is 2.86 bits per heavy atom. The van der Waals surface area contributed by atoms with Gasteiger partial charge in [0.2, 0.25) is 0 Å². The van der Waals surface area contributed by atoms with Crippen LogP contribution in [-0.4, -0.2) is 17.0 Å². The Bertz CT molecular complexity index is 862. The maximum atomic E-state index is 10.9. The Balaban J connectivity index is 2.01. The molecule has 0 spiro atoms. The van der Waals surface area contributed by atoms with Gasteiger partial charge in [-0.2, -0.15) is 4.98 Å². The predicted octanol–water partition coefficient (Wildman–Crippen LogP) is 4.14. The number of halogens is 1. The van der Waals surface area contributed by atoms with Crippen molar-refractivity contribution < 1.29 is 14.1 Å². The molecule has 0 fully saturated rings. The molecule has 2 aromatic carbocycles. The first-order chi connectivity index (χ1) is 10.6. The number of methoxy groups -OCH3 is 1. The predicted molar refractivity (Wildman–Crippen MR) is 82.0 cm³/mol. The van der Waals surface area contributed by atoms with Gasteiger partial charge in [0.05, 0.1) is 22.7 Å². The summed E-state index contributed by atoms with van der Waals surface area (Å²) in [6.07, 6.45) is 0. The van der Waals surface area contributed by atoms with Gasteiger partial charge in [-0.1, -0.05) is 17.7 Å². The highest BCUT2D eigenvalue weighted by atomic mass is 35.5. The maximum absolute atomic E-state index is 10.9. The molecule has 0 atom stereocenters. The second-order valence-electron chi connectivity index (χ2n) is 4.37. The topological polar surface area (TPSA) is 90.4 Å². The first kappa shape index (κ1) is 14.2. The van der Waals surface area contributed by atoms with E-state index in [9.17, 15) is 10.1 Å². The number of benzene rings is 2. The third-order valence-corrected chi connectivity index (χ3v) is 3.31. The van der Waals surface area contributed by atoms with E-state index in [0.717, 1.165) is 0 Å². The van der Waals surface area contributed by atoms with E-state index >= 15 is 0 Å². The summed E-state index contributed by atoms with van der Waals surface area (Å²) in [6, 6.07) is 9.53. The molecule has 0 bridgehead atoms. The fourth-order valence-electron chi connectivity index (χ4n) is 1.99. The number of hydrogen-bond acceptors (Lipinski definition) is 6. The Kier molecular flexibility index (Phi) is 3.56. The number of nitrogens with zero attached hydrogens (tertiary/aromatic N) is 2. The van der Waals surface area contributed by atoms with Crippen molar-refractivity contribution >= 4 is 40.1 Å². The standard InChI is InChI=1S/C14H10ClN3O4/c1-21-11-6-5-8(18(19)20)7-10(11)16-14-17-13-9(15)3-2-4-12(13)22-14/h2-7H,1H3,(H,16,17). The molecule has 0 unspecified atom stereocenters. The highest BCUT2D eigenvalue weighted by Crippen LogP contribution is 2.33. The number of para-hydroxylation sites is 1. The molecule has 0 aliphatic carbocycles. The van der Waals surface area contributed by atoms with Crippen LogP contribution in [0.4, 0.5) is 17.4 Å². The van der Waals surface area contributed by atoms with Gasteiger partial charge in [0.15, 0.2) is 5.58 Å². The zero-order chi connectivity index (χ0) is 15.7. The van der Waals surface area contributed by atoms with Gasteiger partial charge in [-0.05, 0) is 18.2 Å². The number of nitro benzene ring substituents is 1. The quantitative estimate of drug-likeness (QED) is 0.574. The summed E-state index contributed by atoms with van der Waals surface area (Å²) < 4.78 is 10.7. The molecule has 3 aromatic rings. The third-order valence-electron chi connectivity index (χ3n) is 3.01. The molecular formula is C14H10ClN3O4. The fraction of sp³-hybridized carbons (Fsp3) is 0.0714. The highest BCUT2D eigenvalue weighted by molar-refractivity contribution is 6.34. The van der Waals surface area contributed by atoms with Gasteiger partial charge < -0.3 is 14.5 Å². The number of nitrogens with one attached hydrogen (secondary N) is 1. The van der Waals surface area contributed by atoms with Crippen LogP contribution in [0.3, 0.4) is 0 Å². The van der Waals surface area contributed by atoms with Gasteiger partial charge in [0.25, 0.3) is 11.7 Å². The Morgan fingerprint density at radius 1 is 1.36 bits per heavy atom. The number of rotatable bonds is 4. The Labute approximate surface area is 129 Å². The lowest BCUT2D eigenvalue weighted by Crippen LogP contribution is -1.97. The molecule has 0 saturated carbocycles. The minimum absolute atomic E-state index is 0.0718. The second-order valence-corrected chi connectivity index (χ2v) is 4.78. The van der Waals surface area contributed by atoms with Gasteiger partial charge >= 0.3 is 0 Å². The summed E-state index contributed by atoms with van der Waals surface area (Å²) in [5.74, 6) is 0.430. The molecule has 0 aliphatic heterocycles. The van der Waals surface area contributed by atoms with E-state index in [1.807, 2.05) is 0 Å². The molecule has 0 radical (unpaired) electrons. The van der Waals surface area contributed by atoms with Crippen molar-refractivity contribution in [2.24, 2.45) is 0 Å². The van der Waals surface area contributed by atoms with Gasteiger partial charge in [0.1, 0.15) is 11.3 Å². The summed E-state index contributed by atoms with van der Waals surface area (Å²) >= 11 is 6.03. The van der Waals surface area contributed by atoms with Crippen LogP contribution in [0, 0.1) is 10.1 Å². The molecule has 1 N–H and O–H groups in total. The van der Waals surface area contributed by atoms with Crippen molar-refractivity contribution in [1.82, 2.24) is 4.98 Å². The number of non-ortho nitro benzene ring substituents is 1. The van der Waals surface area contributed by atoms with E-state index in [0.29, 0.717) is 27.6 Å². The Hall–Kier alpha value is -2.80. The van der Waals surface area contributed by atoms with Crippen LogP contribution >= 0.6 is 11.6 Å². The number of hydrogen-bond donors (Lipinski definition) is 1. The van der Waals surface area contributed by atoms with Crippen molar-refractivity contribution in [3.05, 3.63) is 51.5 Å². The summed E-state index contributed by atoms with van der Waals surface area (Å²) in [6.45, 7) is 0. The van der Waals surface area contributed by atoms with E-state index in [1.54, 1.807) is 18.2 Å². The summed E-state index contributed by atoms with van der Waals surface area (Å²) in [4.78, 5) is 14.6. The van der Waals surface area contributed by atoms with Crippen molar-refractivity contribution in [2.75, 3.05) is 12.4 Å². The van der Waals surface area contributed by atoms with Gasteiger partial charge in [-0.15, -0.1) is 0 Å². The summed E-state index contributed by atoms with van der Waals surface area (Å²) in [5, 5.41) is 14.2. The second kappa shape index (κ2) is 5.53. The van der Waals surface area contributed by atoms with Gasteiger partial charge in [0, 0.05) is 12.1 Å². The van der Waals surface area contributed by atoms with Crippen LogP contribution in [0.2, 0.25) is 5.02 Å². The molecule has 0 amide bonds. The number of aromatic nitrogens is 1. The van der Waals surface area contributed by atoms with Crippen LogP contribution in [0.1, 0.15) is 0 Å². The number of fused-ring (bicyclic) bond motifs is 1. The number of oxazole rings is 1. The molecule has 22 heavy (non-hydrogen) atoms. The number of anilines is 2. The smallest absolute Gasteiger partial charge is 0.300 e. The van der Waals surface area contributed by atoms with Gasteiger partial charge in [-0.25, -0.2) is 0 Å².